The number of hydrogen-bond acceptors (Lipinski definition) is 4. The second-order valence-electron chi connectivity index (χ2n) is 7.69. The Kier molecular flexibility index (Phi) is 7.11. The first-order valence-corrected chi connectivity index (χ1v) is 11.5. The van der Waals surface area contributed by atoms with E-state index in [4.69, 9.17) is 21.1 Å². The van der Waals surface area contributed by atoms with Crippen molar-refractivity contribution in [3.8, 4) is 5.75 Å². The smallest absolute Gasteiger partial charge is 0.410 e. The van der Waals surface area contributed by atoms with Gasteiger partial charge in [0.15, 0.2) is 15.6 Å². The molecule has 27 heavy (non-hydrogen) atoms. The van der Waals surface area contributed by atoms with Crippen LogP contribution in [0.15, 0.2) is 18.2 Å². The Labute approximate surface area is 165 Å². The van der Waals surface area contributed by atoms with Gasteiger partial charge >= 0.3 is 6.09 Å². The summed E-state index contributed by atoms with van der Waals surface area (Å²) >= 11 is 5.62. The van der Waals surface area contributed by atoms with Crippen molar-refractivity contribution < 1.29 is 23.5 Å². The molecule has 0 saturated carbocycles. The lowest BCUT2D eigenvalue weighted by molar-refractivity contribution is -0.121. The Hall–Kier alpha value is -1.80. The van der Waals surface area contributed by atoms with Crippen LogP contribution in [-0.2, 0) is 9.53 Å². The molecule has 1 saturated heterocycles. The van der Waals surface area contributed by atoms with Gasteiger partial charge in [-0.3, -0.25) is 4.79 Å². The number of nitrogens with one attached hydrogen (secondary N) is 1. The van der Waals surface area contributed by atoms with E-state index in [1.807, 2.05) is 27.7 Å². The summed E-state index contributed by atoms with van der Waals surface area (Å²) in [7, 11) is -1.70. The molecule has 1 aromatic rings. The summed E-state index contributed by atoms with van der Waals surface area (Å²) in [6.07, 6.45) is 0.978. The first-order chi connectivity index (χ1) is 12.5. The predicted octanol–water partition coefficient (Wildman–Crippen LogP) is 3.27. The van der Waals surface area contributed by atoms with Gasteiger partial charge in [-0.05, 0) is 52.3 Å². The van der Waals surface area contributed by atoms with Gasteiger partial charge in [-0.1, -0.05) is 11.6 Å². The second kappa shape index (κ2) is 8.92. The molecule has 1 aliphatic heterocycles. The molecule has 1 heterocycles. The molecule has 2 rings (SSSR count). The van der Waals surface area contributed by atoms with Gasteiger partial charge in [-0.25, -0.2) is 9.18 Å². The molecule has 1 aromatic carbocycles. The normalized spacial score (nSPS) is 20.1. The summed E-state index contributed by atoms with van der Waals surface area (Å²) in [5.41, 5.74) is -0.559. The van der Waals surface area contributed by atoms with Crippen molar-refractivity contribution in [3.05, 3.63) is 29.0 Å². The largest absolute Gasteiger partial charge is 0.484 e. The Balaban J connectivity index is 1.86. The third kappa shape index (κ3) is 6.70. The van der Waals surface area contributed by atoms with Crippen LogP contribution < -0.4 is 9.72 Å². The fourth-order valence-corrected chi connectivity index (χ4v) is 5.73. The highest BCUT2D eigenvalue weighted by Gasteiger charge is 2.33. The van der Waals surface area contributed by atoms with Crippen molar-refractivity contribution in [1.29, 1.82) is 0 Å². The molecule has 0 radical (unpaired) electrons. The summed E-state index contributed by atoms with van der Waals surface area (Å²) in [6, 6.07) is 4.98. The maximum Gasteiger partial charge on any atom is 0.410 e. The number of ether oxygens (including phenoxy) is 2. The van der Waals surface area contributed by atoms with Gasteiger partial charge in [0, 0.05) is 18.3 Å². The number of halogens is 2. The second-order valence-corrected chi connectivity index (χ2v) is 10.7. The molecule has 1 fully saturated rings. The standard InChI is InChI=1S/C18H26ClFN2O4Si/c1-12-7-8-27(11-22(12)17(24)26-18(2,3)4)21-16(23)10-25-13-5-6-14(19)15(20)9-13/h5-6,9,12,27H,7-8,10-11H2,1-4H3,(H,21,23)/t12-,27-/m0/s1. The van der Waals surface area contributed by atoms with Crippen LogP contribution in [0.1, 0.15) is 34.1 Å². The molecule has 0 bridgehead atoms. The highest BCUT2D eigenvalue weighted by molar-refractivity contribution is 6.59. The molecule has 0 spiro atoms. The lowest BCUT2D eigenvalue weighted by Crippen LogP contribution is -2.57. The van der Waals surface area contributed by atoms with Crippen molar-refractivity contribution in [2.24, 2.45) is 0 Å². The van der Waals surface area contributed by atoms with E-state index >= 15 is 0 Å². The number of rotatable bonds is 4. The summed E-state index contributed by atoms with van der Waals surface area (Å²) in [5, 5.41) is -0.00207. The zero-order valence-electron chi connectivity index (χ0n) is 16.1. The lowest BCUT2D eigenvalue weighted by atomic mass is 10.2. The Morgan fingerprint density at radius 1 is 1.41 bits per heavy atom. The molecule has 0 aliphatic carbocycles. The van der Waals surface area contributed by atoms with Gasteiger partial charge in [-0.15, -0.1) is 0 Å². The SMILES string of the molecule is C[C@H]1CC[Si@H](NC(=O)COc2ccc(Cl)c(F)c2)CN1C(=O)OC(C)(C)C. The molecule has 0 aromatic heterocycles. The molecular formula is C18H26ClFN2O4Si. The van der Waals surface area contributed by atoms with E-state index in [0.29, 0.717) is 6.17 Å². The fraction of sp³-hybridized carbons (Fsp3) is 0.556. The minimum absolute atomic E-state index is 0.00207. The molecule has 2 atom stereocenters. The lowest BCUT2D eigenvalue weighted by Gasteiger charge is -2.38. The van der Waals surface area contributed by atoms with Crippen LogP contribution in [0.5, 0.6) is 5.75 Å². The van der Waals surface area contributed by atoms with Crippen LogP contribution in [0.2, 0.25) is 11.1 Å². The van der Waals surface area contributed by atoms with E-state index in [1.54, 1.807) is 4.90 Å². The summed E-state index contributed by atoms with van der Waals surface area (Å²) in [6.45, 7) is 7.24. The molecular weight excluding hydrogens is 391 g/mol. The first-order valence-electron chi connectivity index (χ1n) is 8.92. The van der Waals surface area contributed by atoms with Gasteiger partial charge < -0.3 is 19.4 Å². The summed E-state index contributed by atoms with van der Waals surface area (Å²) in [4.78, 5) is 29.2. The van der Waals surface area contributed by atoms with E-state index in [1.165, 1.54) is 12.1 Å². The van der Waals surface area contributed by atoms with Gasteiger partial charge in [0.2, 0.25) is 5.91 Å². The molecule has 2 amide bonds. The highest BCUT2D eigenvalue weighted by atomic mass is 35.5. The minimum Gasteiger partial charge on any atom is -0.484 e. The fourth-order valence-electron chi connectivity index (χ4n) is 2.78. The van der Waals surface area contributed by atoms with Crippen molar-refractivity contribution in [2.45, 2.75) is 51.8 Å². The van der Waals surface area contributed by atoms with Gasteiger partial charge in [0.05, 0.1) is 5.02 Å². The van der Waals surface area contributed by atoms with E-state index in [-0.39, 0.29) is 35.4 Å². The van der Waals surface area contributed by atoms with Crippen LogP contribution in [0.3, 0.4) is 0 Å². The van der Waals surface area contributed by atoms with Crippen molar-refractivity contribution >= 4 is 32.6 Å². The maximum atomic E-state index is 13.4. The van der Waals surface area contributed by atoms with Crippen molar-refractivity contribution in [2.75, 3.05) is 12.8 Å². The van der Waals surface area contributed by atoms with Gasteiger partial charge in [-0.2, -0.15) is 0 Å². The van der Waals surface area contributed by atoms with Crippen LogP contribution in [0.25, 0.3) is 0 Å². The Bertz CT molecular complexity index is 698. The average Bonchev–Trinajstić information content (AvgIpc) is 2.56. The minimum atomic E-state index is -1.70. The van der Waals surface area contributed by atoms with E-state index in [0.717, 1.165) is 18.5 Å². The molecule has 1 N–H and O–H groups in total. The summed E-state index contributed by atoms with van der Waals surface area (Å²) < 4.78 is 24.2. The zero-order valence-corrected chi connectivity index (χ0v) is 18.0. The predicted molar refractivity (Wildman–Crippen MR) is 104 cm³/mol. The first kappa shape index (κ1) is 21.5. The Morgan fingerprint density at radius 3 is 2.74 bits per heavy atom. The topological polar surface area (TPSA) is 67.9 Å². The third-order valence-electron chi connectivity index (χ3n) is 4.14. The zero-order chi connectivity index (χ0) is 20.2. The number of nitrogens with zero attached hydrogens (tertiary/aromatic N) is 1. The number of benzene rings is 1. The molecule has 0 unspecified atom stereocenters. The van der Waals surface area contributed by atoms with Crippen LogP contribution in [0.4, 0.5) is 9.18 Å². The highest BCUT2D eigenvalue weighted by Crippen LogP contribution is 2.21. The van der Waals surface area contributed by atoms with Crippen molar-refractivity contribution in [3.63, 3.8) is 0 Å². The third-order valence-corrected chi connectivity index (χ3v) is 7.04. The summed E-state index contributed by atoms with van der Waals surface area (Å²) in [5.74, 6) is -0.639. The molecule has 6 nitrogen and oxygen atoms in total. The Morgan fingerprint density at radius 2 is 2.11 bits per heavy atom. The number of carbonyl (C=O) groups is 2. The molecule has 1 aliphatic rings. The molecule has 9 heteroatoms. The molecule has 150 valence electrons. The number of amides is 2. The van der Waals surface area contributed by atoms with E-state index in [9.17, 15) is 14.0 Å². The van der Waals surface area contributed by atoms with Crippen LogP contribution in [-0.4, -0.2) is 50.3 Å². The van der Waals surface area contributed by atoms with Crippen LogP contribution >= 0.6 is 11.6 Å². The quantitative estimate of drug-likeness (QED) is 0.765. The number of hydrogen-bond donors (Lipinski definition) is 1. The van der Waals surface area contributed by atoms with Gasteiger partial charge in [0.1, 0.15) is 17.2 Å². The average molecular weight is 417 g/mol. The maximum absolute atomic E-state index is 13.4. The van der Waals surface area contributed by atoms with Crippen LogP contribution in [0, 0.1) is 5.82 Å². The van der Waals surface area contributed by atoms with E-state index < -0.39 is 20.4 Å². The monoisotopic (exact) mass is 416 g/mol. The van der Waals surface area contributed by atoms with Gasteiger partial charge in [0.25, 0.3) is 0 Å². The number of carbonyl (C=O) groups excluding carboxylic acids is 2. The van der Waals surface area contributed by atoms with E-state index in [2.05, 4.69) is 4.98 Å². The van der Waals surface area contributed by atoms with Crippen molar-refractivity contribution in [1.82, 2.24) is 9.88 Å².